The summed E-state index contributed by atoms with van der Waals surface area (Å²) < 4.78 is 24.0. The number of nitrogens with one attached hydrogen (secondary N) is 3. The van der Waals surface area contributed by atoms with Gasteiger partial charge in [0.15, 0.2) is 5.82 Å². The standard InChI is InChI=1S/C19H16FN5O3/c1-27-11-4-5-12(17(8-11)28-2)15-9-16(24-23-15)19(26)21-18-13-7-10(20)3-6-14(13)22-25-18/h3-9H,1-2H3,(H,23,24)(H2,21,22,25,26). The van der Waals surface area contributed by atoms with E-state index in [1.807, 2.05) is 0 Å². The molecule has 9 heteroatoms. The minimum absolute atomic E-state index is 0.223. The number of amides is 1. The topological polar surface area (TPSA) is 105 Å². The van der Waals surface area contributed by atoms with Crippen molar-refractivity contribution in [2.45, 2.75) is 0 Å². The SMILES string of the molecule is COc1ccc(-c2cc(C(=O)Nc3n[nH]c4ccc(F)cc34)[nH]n2)c(OC)c1. The number of aromatic nitrogens is 4. The van der Waals surface area contributed by atoms with Crippen LogP contribution in [0.1, 0.15) is 10.5 Å². The van der Waals surface area contributed by atoms with E-state index in [9.17, 15) is 9.18 Å². The second kappa shape index (κ2) is 7.03. The van der Waals surface area contributed by atoms with Crippen LogP contribution in [0.3, 0.4) is 0 Å². The maximum Gasteiger partial charge on any atom is 0.274 e. The minimum Gasteiger partial charge on any atom is -0.497 e. The van der Waals surface area contributed by atoms with Gasteiger partial charge in [0.05, 0.1) is 25.4 Å². The number of nitrogens with zero attached hydrogens (tertiary/aromatic N) is 2. The number of H-pyrrole nitrogens is 2. The van der Waals surface area contributed by atoms with Crippen LogP contribution in [0.2, 0.25) is 0 Å². The lowest BCUT2D eigenvalue weighted by atomic mass is 10.1. The molecule has 8 nitrogen and oxygen atoms in total. The van der Waals surface area contributed by atoms with Crippen molar-refractivity contribution < 1.29 is 18.7 Å². The number of hydrogen-bond donors (Lipinski definition) is 3. The van der Waals surface area contributed by atoms with Crippen LogP contribution < -0.4 is 14.8 Å². The van der Waals surface area contributed by atoms with Gasteiger partial charge in [-0.25, -0.2) is 4.39 Å². The summed E-state index contributed by atoms with van der Waals surface area (Å²) in [4.78, 5) is 12.6. The number of benzene rings is 2. The van der Waals surface area contributed by atoms with Crippen molar-refractivity contribution in [1.82, 2.24) is 20.4 Å². The highest BCUT2D eigenvalue weighted by atomic mass is 19.1. The molecule has 0 fully saturated rings. The molecule has 2 aromatic carbocycles. The largest absolute Gasteiger partial charge is 0.497 e. The molecule has 2 aromatic heterocycles. The number of fused-ring (bicyclic) bond motifs is 1. The van der Waals surface area contributed by atoms with E-state index in [0.717, 1.165) is 0 Å². The number of carbonyl (C=O) groups excluding carboxylic acids is 1. The summed E-state index contributed by atoms with van der Waals surface area (Å²) in [5.74, 6) is 0.569. The van der Waals surface area contributed by atoms with Gasteiger partial charge in [-0.15, -0.1) is 0 Å². The average molecular weight is 381 g/mol. The van der Waals surface area contributed by atoms with Crippen molar-refractivity contribution in [2.75, 3.05) is 19.5 Å². The second-order valence-electron chi connectivity index (χ2n) is 5.95. The van der Waals surface area contributed by atoms with Crippen molar-refractivity contribution in [1.29, 1.82) is 0 Å². The van der Waals surface area contributed by atoms with Gasteiger partial charge in [-0.3, -0.25) is 15.0 Å². The van der Waals surface area contributed by atoms with Gasteiger partial charge < -0.3 is 14.8 Å². The van der Waals surface area contributed by atoms with E-state index in [1.165, 1.54) is 12.1 Å². The van der Waals surface area contributed by atoms with Gasteiger partial charge in [0.2, 0.25) is 0 Å². The lowest BCUT2D eigenvalue weighted by molar-refractivity contribution is 0.102. The molecular weight excluding hydrogens is 365 g/mol. The van der Waals surface area contributed by atoms with Gasteiger partial charge in [-0.05, 0) is 36.4 Å². The summed E-state index contributed by atoms with van der Waals surface area (Å²) >= 11 is 0. The summed E-state index contributed by atoms with van der Waals surface area (Å²) in [6.07, 6.45) is 0. The van der Waals surface area contributed by atoms with E-state index in [1.54, 1.807) is 44.6 Å². The zero-order chi connectivity index (χ0) is 19.7. The second-order valence-corrected chi connectivity index (χ2v) is 5.95. The number of carbonyl (C=O) groups is 1. The quantitative estimate of drug-likeness (QED) is 0.492. The molecule has 3 N–H and O–H groups in total. The van der Waals surface area contributed by atoms with E-state index >= 15 is 0 Å². The van der Waals surface area contributed by atoms with Gasteiger partial charge in [-0.1, -0.05) is 0 Å². The summed E-state index contributed by atoms with van der Waals surface area (Å²) in [7, 11) is 3.11. The van der Waals surface area contributed by atoms with Gasteiger partial charge in [0.1, 0.15) is 23.0 Å². The Morgan fingerprint density at radius 2 is 1.89 bits per heavy atom. The number of methoxy groups -OCH3 is 2. The first kappa shape index (κ1) is 17.5. The number of hydrogen-bond acceptors (Lipinski definition) is 5. The number of rotatable bonds is 5. The predicted molar refractivity (Wildman–Crippen MR) is 101 cm³/mol. The highest BCUT2D eigenvalue weighted by Crippen LogP contribution is 2.32. The molecule has 4 aromatic rings. The van der Waals surface area contributed by atoms with Crippen molar-refractivity contribution >= 4 is 22.6 Å². The van der Waals surface area contributed by atoms with E-state index in [-0.39, 0.29) is 11.5 Å². The summed E-state index contributed by atoms with van der Waals surface area (Å²) in [5.41, 5.74) is 2.07. The molecule has 0 atom stereocenters. The van der Waals surface area contributed by atoms with Crippen molar-refractivity contribution in [3.05, 3.63) is 54.0 Å². The molecular formula is C19H16FN5O3. The van der Waals surface area contributed by atoms with Gasteiger partial charge >= 0.3 is 0 Å². The van der Waals surface area contributed by atoms with Crippen LogP contribution in [0.4, 0.5) is 10.2 Å². The van der Waals surface area contributed by atoms with Gasteiger partial charge in [0, 0.05) is 17.0 Å². The maximum absolute atomic E-state index is 13.5. The van der Waals surface area contributed by atoms with E-state index in [0.29, 0.717) is 33.7 Å². The normalized spacial score (nSPS) is 10.8. The zero-order valence-corrected chi connectivity index (χ0v) is 15.0. The minimum atomic E-state index is -0.455. The van der Waals surface area contributed by atoms with Crippen molar-refractivity contribution in [2.24, 2.45) is 0 Å². The molecule has 0 unspecified atom stereocenters. The van der Waals surface area contributed by atoms with E-state index in [2.05, 4.69) is 25.7 Å². The molecule has 0 bridgehead atoms. The van der Waals surface area contributed by atoms with Crippen molar-refractivity contribution in [3.8, 4) is 22.8 Å². The summed E-state index contributed by atoms with van der Waals surface area (Å²) in [6, 6.07) is 11.1. The van der Waals surface area contributed by atoms with Crippen molar-refractivity contribution in [3.63, 3.8) is 0 Å². The van der Waals surface area contributed by atoms with E-state index in [4.69, 9.17) is 9.47 Å². The Morgan fingerprint density at radius 1 is 1.04 bits per heavy atom. The summed E-state index contributed by atoms with van der Waals surface area (Å²) in [6.45, 7) is 0. The predicted octanol–water partition coefficient (Wildman–Crippen LogP) is 3.36. The molecule has 0 aliphatic heterocycles. The lowest BCUT2D eigenvalue weighted by Crippen LogP contribution is -2.12. The first-order valence-electron chi connectivity index (χ1n) is 8.32. The number of anilines is 1. The van der Waals surface area contributed by atoms with E-state index < -0.39 is 11.7 Å². The highest BCUT2D eigenvalue weighted by molar-refractivity contribution is 6.07. The number of aromatic amines is 2. The fourth-order valence-corrected chi connectivity index (χ4v) is 2.84. The first-order valence-corrected chi connectivity index (χ1v) is 8.32. The first-order chi connectivity index (χ1) is 13.6. The Morgan fingerprint density at radius 3 is 2.68 bits per heavy atom. The molecule has 1 amide bonds. The molecule has 0 saturated heterocycles. The Labute approximate surface area is 158 Å². The molecule has 28 heavy (non-hydrogen) atoms. The molecule has 4 rings (SSSR count). The monoisotopic (exact) mass is 381 g/mol. The van der Waals surface area contributed by atoms with Gasteiger partial charge in [-0.2, -0.15) is 10.2 Å². The van der Waals surface area contributed by atoms with Crippen LogP contribution in [0.25, 0.3) is 22.2 Å². The van der Waals surface area contributed by atoms with Crippen LogP contribution in [0.15, 0.2) is 42.5 Å². The third-order valence-corrected chi connectivity index (χ3v) is 4.26. The lowest BCUT2D eigenvalue weighted by Gasteiger charge is -2.08. The van der Waals surface area contributed by atoms with Crippen LogP contribution in [0, 0.1) is 5.82 Å². The third kappa shape index (κ3) is 3.13. The zero-order valence-electron chi connectivity index (χ0n) is 15.0. The Bertz CT molecular complexity index is 1170. The Kier molecular flexibility index (Phi) is 4.40. The fraction of sp³-hybridized carbons (Fsp3) is 0.105. The van der Waals surface area contributed by atoms with Crippen LogP contribution in [-0.2, 0) is 0 Å². The number of halogens is 1. The Balaban J connectivity index is 1.60. The van der Waals surface area contributed by atoms with Crippen LogP contribution in [0.5, 0.6) is 11.5 Å². The molecule has 2 heterocycles. The Hall–Kier alpha value is -3.88. The molecule has 0 radical (unpaired) electrons. The fourth-order valence-electron chi connectivity index (χ4n) is 2.84. The maximum atomic E-state index is 13.5. The highest BCUT2D eigenvalue weighted by Gasteiger charge is 2.17. The smallest absolute Gasteiger partial charge is 0.274 e. The molecule has 0 aliphatic rings. The average Bonchev–Trinajstić information content (AvgIpc) is 3.35. The molecule has 142 valence electrons. The molecule has 0 spiro atoms. The number of ether oxygens (including phenoxy) is 2. The van der Waals surface area contributed by atoms with Gasteiger partial charge in [0.25, 0.3) is 5.91 Å². The molecule has 0 saturated carbocycles. The molecule has 0 aliphatic carbocycles. The van der Waals surface area contributed by atoms with Crippen LogP contribution in [-0.4, -0.2) is 40.5 Å². The van der Waals surface area contributed by atoms with Crippen LogP contribution >= 0.6 is 0 Å². The summed E-state index contributed by atoms with van der Waals surface area (Å²) in [5, 5.41) is 16.8. The third-order valence-electron chi connectivity index (χ3n) is 4.26.